The molecule has 0 aliphatic carbocycles. The Hall–Kier alpha value is -2.37. The van der Waals surface area contributed by atoms with E-state index in [-0.39, 0.29) is 34.0 Å². The van der Waals surface area contributed by atoms with E-state index >= 15 is 0 Å². The Bertz CT molecular complexity index is 628. The third kappa shape index (κ3) is 1.63. The maximum atomic E-state index is 11.2. The molecule has 0 bridgehead atoms. The van der Waals surface area contributed by atoms with Crippen molar-refractivity contribution in [2.24, 2.45) is 0 Å². The number of methoxy groups -OCH3 is 2. The molecule has 0 unspecified atom stereocenters. The van der Waals surface area contributed by atoms with Gasteiger partial charge in [0.1, 0.15) is 16.9 Å². The number of hydrogen-bond donors (Lipinski definition) is 2. The third-order valence-electron chi connectivity index (χ3n) is 2.32. The summed E-state index contributed by atoms with van der Waals surface area (Å²) < 4.78 is 14.8. The second-order valence-corrected chi connectivity index (χ2v) is 3.29. The summed E-state index contributed by atoms with van der Waals surface area (Å²) in [6, 6.07) is 2.18. The number of aromatic hydroxyl groups is 2. The molecular weight excluding hydrogens is 228 g/mol. The van der Waals surface area contributed by atoms with Crippen molar-refractivity contribution in [3.8, 4) is 23.0 Å². The molecule has 1 aromatic heterocycles. The van der Waals surface area contributed by atoms with Crippen LogP contribution in [0.3, 0.4) is 0 Å². The van der Waals surface area contributed by atoms with Gasteiger partial charge in [0.15, 0.2) is 11.3 Å². The lowest BCUT2D eigenvalue weighted by Crippen LogP contribution is -1.99. The molecule has 2 aromatic rings. The molecule has 2 N–H and O–H groups in total. The average Bonchev–Trinajstić information content (AvgIpc) is 2.27. The van der Waals surface area contributed by atoms with E-state index in [0.717, 1.165) is 6.07 Å². The van der Waals surface area contributed by atoms with Gasteiger partial charge in [-0.15, -0.1) is 0 Å². The fraction of sp³-hybridized carbons (Fsp3) is 0.182. The van der Waals surface area contributed by atoms with Gasteiger partial charge in [-0.1, -0.05) is 0 Å². The molecule has 6 heteroatoms. The van der Waals surface area contributed by atoms with Crippen molar-refractivity contribution in [3.05, 3.63) is 22.6 Å². The highest BCUT2D eigenvalue weighted by atomic mass is 16.5. The number of phenols is 1. The number of fused-ring (bicyclic) bond motifs is 1. The summed E-state index contributed by atoms with van der Waals surface area (Å²) in [5, 5.41) is 19.5. The zero-order valence-corrected chi connectivity index (χ0v) is 9.18. The normalized spacial score (nSPS) is 10.5. The lowest BCUT2D eigenvalue weighted by atomic mass is 10.1. The van der Waals surface area contributed by atoms with Crippen molar-refractivity contribution in [2.45, 2.75) is 0 Å². The summed E-state index contributed by atoms with van der Waals surface area (Å²) in [6.45, 7) is 0. The van der Waals surface area contributed by atoms with E-state index in [1.165, 1.54) is 20.3 Å². The van der Waals surface area contributed by atoms with Crippen LogP contribution in [0.4, 0.5) is 0 Å². The zero-order chi connectivity index (χ0) is 12.6. The molecule has 0 fully saturated rings. The van der Waals surface area contributed by atoms with Gasteiger partial charge in [-0.25, -0.2) is 4.79 Å². The van der Waals surface area contributed by atoms with Gasteiger partial charge in [0.25, 0.3) is 0 Å². The van der Waals surface area contributed by atoms with Gasteiger partial charge in [-0.2, -0.15) is 0 Å². The summed E-state index contributed by atoms with van der Waals surface area (Å²) in [4.78, 5) is 11.2. The first kappa shape index (κ1) is 11.1. The number of ether oxygens (including phenoxy) is 2. The van der Waals surface area contributed by atoms with Crippen LogP contribution in [-0.4, -0.2) is 24.4 Å². The monoisotopic (exact) mass is 238 g/mol. The molecule has 0 amide bonds. The Morgan fingerprint density at radius 2 is 1.82 bits per heavy atom. The summed E-state index contributed by atoms with van der Waals surface area (Å²) in [5.41, 5.74) is -0.810. The standard InChI is InChI=1S/C11H10O6/c1-15-7-3-6(13)10(16-2)11-9(7)5(12)4-8(14)17-11/h3-4,12-13H,1-2H3. The maximum absolute atomic E-state index is 11.2. The van der Waals surface area contributed by atoms with Crippen molar-refractivity contribution >= 4 is 11.0 Å². The molecule has 0 radical (unpaired) electrons. The molecule has 2 rings (SSSR count). The summed E-state index contributed by atoms with van der Waals surface area (Å²) in [7, 11) is 2.68. The second-order valence-electron chi connectivity index (χ2n) is 3.29. The Labute approximate surface area is 95.6 Å². The van der Waals surface area contributed by atoms with Gasteiger partial charge in [0, 0.05) is 6.07 Å². The van der Waals surface area contributed by atoms with Gasteiger partial charge in [0.2, 0.25) is 5.75 Å². The quantitative estimate of drug-likeness (QED) is 0.764. The lowest BCUT2D eigenvalue weighted by Gasteiger charge is -2.10. The van der Waals surface area contributed by atoms with Crippen molar-refractivity contribution in [2.75, 3.05) is 14.2 Å². The summed E-state index contributed by atoms with van der Waals surface area (Å²) in [5.74, 6) is -0.398. The van der Waals surface area contributed by atoms with Crippen LogP contribution >= 0.6 is 0 Å². The summed E-state index contributed by atoms with van der Waals surface area (Å²) >= 11 is 0. The van der Waals surface area contributed by atoms with Gasteiger partial charge in [0.05, 0.1) is 20.3 Å². The molecule has 0 aliphatic heterocycles. The molecule has 0 atom stereocenters. The highest BCUT2D eigenvalue weighted by Gasteiger charge is 2.19. The minimum absolute atomic E-state index is 0.0335. The van der Waals surface area contributed by atoms with E-state index in [1.54, 1.807) is 0 Å². The van der Waals surface area contributed by atoms with Crippen LogP contribution in [0.15, 0.2) is 21.3 Å². The Morgan fingerprint density at radius 1 is 1.12 bits per heavy atom. The molecular formula is C11H10O6. The second kappa shape index (κ2) is 3.89. The van der Waals surface area contributed by atoms with Crippen molar-refractivity contribution < 1.29 is 24.1 Å². The maximum Gasteiger partial charge on any atom is 0.340 e. The van der Waals surface area contributed by atoms with E-state index in [4.69, 9.17) is 13.9 Å². The lowest BCUT2D eigenvalue weighted by molar-refractivity contribution is 0.361. The first-order chi connectivity index (χ1) is 8.08. The van der Waals surface area contributed by atoms with Crippen LogP contribution in [0.1, 0.15) is 0 Å². The van der Waals surface area contributed by atoms with Crippen molar-refractivity contribution in [1.82, 2.24) is 0 Å². The number of rotatable bonds is 2. The van der Waals surface area contributed by atoms with E-state index in [1.807, 2.05) is 0 Å². The average molecular weight is 238 g/mol. The van der Waals surface area contributed by atoms with Gasteiger partial charge in [-0.3, -0.25) is 0 Å². The van der Waals surface area contributed by atoms with Gasteiger partial charge >= 0.3 is 5.63 Å². The van der Waals surface area contributed by atoms with E-state index < -0.39 is 5.63 Å². The van der Waals surface area contributed by atoms with Crippen LogP contribution in [0.2, 0.25) is 0 Å². The molecule has 1 heterocycles. The highest BCUT2D eigenvalue weighted by Crippen LogP contribution is 2.43. The Kier molecular flexibility index (Phi) is 2.55. The Balaban J connectivity index is 3.02. The number of phenolic OH excluding ortho intramolecular Hbond substituents is 1. The molecule has 0 saturated carbocycles. The summed E-state index contributed by atoms with van der Waals surface area (Å²) in [6.07, 6.45) is 0. The number of hydrogen-bond acceptors (Lipinski definition) is 6. The van der Waals surface area contributed by atoms with E-state index in [0.29, 0.717) is 0 Å². The molecule has 17 heavy (non-hydrogen) atoms. The fourth-order valence-corrected chi connectivity index (χ4v) is 1.62. The van der Waals surface area contributed by atoms with Crippen LogP contribution in [0, 0.1) is 0 Å². The molecule has 0 spiro atoms. The molecule has 90 valence electrons. The van der Waals surface area contributed by atoms with E-state index in [9.17, 15) is 15.0 Å². The molecule has 0 aliphatic rings. The molecule has 6 nitrogen and oxygen atoms in total. The topological polar surface area (TPSA) is 89.1 Å². The molecule has 0 saturated heterocycles. The van der Waals surface area contributed by atoms with Crippen molar-refractivity contribution in [1.29, 1.82) is 0 Å². The first-order valence-corrected chi connectivity index (χ1v) is 4.69. The highest BCUT2D eigenvalue weighted by molar-refractivity contribution is 5.95. The zero-order valence-electron chi connectivity index (χ0n) is 9.18. The smallest absolute Gasteiger partial charge is 0.340 e. The third-order valence-corrected chi connectivity index (χ3v) is 2.32. The predicted molar refractivity (Wildman–Crippen MR) is 58.9 cm³/mol. The van der Waals surface area contributed by atoms with Crippen LogP contribution in [0.25, 0.3) is 11.0 Å². The van der Waals surface area contributed by atoms with Crippen LogP contribution < -0.4 is 15.1 Å². The van der Waals surface area contributed by atoms with Crippen molar-refractivity contribution in [3.63, 3.8) is 0 Å². The van der Waals surface area contributed by atoms with E-state index in [2.05, 4.69) is 0 Å². The SMILES string of the molecule is COc1c(O)cc(OC)c2c(O)cc(=O)oc12. The fourth-order valence-electron chi connectivity index (χ4n) is 1.62. The minimum Gasteiger partial charge on any atom is -0.507 e. The van der Waals surface area contributed by atoms with Gasteiger partial charge in [-0.05, 0) is 0 Å². The Morgan fingerprint density at radius 3 is 2.41 bits per heavy atom. The predicted octanol–water partition coefficient (Wildman–Crippen LogP) is 1.22. The largest absolute Gasteiger partial charge is 0.507 e. The van der Waals surface area contributed by atoms with Crippen LogP contribution in [0.5, 0.6) is 23.0 Å². The molecule has 1 aromatic carbocycles. The van der Waals surface area contributed by atoms with Gasteiger partial charge < -0.3 is 24.1 Å². The number of benzene rings is 1. The van der Waals surface area contributed by atoms with Crippen LogP contribution in [-0.2, 0) is 0 Å². The minimum atomic E-state index is -0.749. The first-order valence-electron chi connectivity index (χ1n) is 4.69.